The van der Waals surface area contributed by atoms with Crippen molar-refractivity contribution in [2.45, 2.75) is 19.5 Å². The summed E-state index contributed by atoms with van der Waals surface area (Å²) in [6.45, 7) is 5.06. The summed E-state index contributed by atoms with van der Waals surface area (Å²) in [6, 6.07) is 3.89. The van der Waals surface area contributed by atoms with E-state index in [1.54, 1.807) is 6.20 Å². The van der Waals surface area contributed by atoms with Gasteiger partial charge in [0.05, 0.1) is 13.2 Å². The van der Waals surface area contributed by atoms with Crippen LogP contribution in [-0.2, 0) is 24.2 Å². The van der Waals surface area contributed by atoms with Crippen LogP contribution < -0.4 is 15.5 Å². The number of anilines is 1. The van der Waals surface area contributed by atoms with Gasteiger partial charge in [0.25, 0.3) is 5.91 Å². The first-order valence-electron chi connectivity index (χ1n) is 8.64. The van der Waals surface area contributed by atoms with Gasteiger partial charge < -0.3 is 20.3 Å². The lowest BCUT2D eigenvalue weighted by molar-refractivity contribution is 0.0944. The summed E-state index contributed by atoms with van der Waals surface area (Å²) < 4.78 is 5.40. The van der Waals surface area contributed by atoms with E-state index in [1.807, 2.05) is 12.1 Å². The summed E-state index contributed by atoms with van der Waals surface area (Å²) in [6.07, 6.45) is 2.66. The van der Waals surface area contributed by atoms with E-state index in [2.05, 4.69) is 30.7 Å². The summed E-state index contributed by atoms with van der Waals surface area (Å²) in [5.41, 5.74) is 3.52. The first-order valence-corrected chi connectivity index (χ1v) is 8.64. The Hall–Kier alpha value is -2.16. The van der Waals surface area contributed by atoms with Crippen LogP contribution in [0.5, 0.6) is 0 Å². The second-order valence-corrected chi connectivity index (χ2v) is 6.22. The van der Waals surface area contributed by atoms with E-state index in [9.17, 15) is 4.79 Å². The number of carbonyl (C=O) groups excluding carboxylic acids is 1. The molecular formula is C17H23ClN6O2. The molecule has 2 aromatic rings. The van der Waals surface area contributed by atoms with Crippen LogP contribution in [-0.4, -0.2) is 53.9 Å². The molecule has 8 nitrogen and oxygen atoms in total. The van der Waals surface area contributed by atoms with Gasteiger partial charge in [0.2, 0.25) is 0 Å². The number of hydrogen-bond donors (Lipinski definition) is 3. The van der Waals surface area contributed by atoms with Crippen molar-refractivity contribution in [1.82, 2.24) is 25.8 Å². The number of nitrogens with zero attached hydrogens (tertiary/aromatic N) is 3. The molecule has 26 heavy (non-hydrogen) atoms. The van der Waals surface area contributed by atoms with Gasteiger partial charge in [-0.15, -0.1) is 12.4 Å². The van der Waals surface area contributed by atoms with E-state index in [0.717, 1.165) is 48.7 Å². The molecule has 4 heterocycles. The fraction of sp³-hybridized carbons (Fsp3) is 0.471. The molecule has 0 atom stereocenters. The van der Waals surface area contributed by atoms with E-state index < -0.39 is 0 Å². The predicted octanol–water partition coefficient (Wildman–Crippen LogP) is 0.639. The summed E-state index contributed by atoms with van der Waals surface area (Å²) in [7, 11) is 0. The van der Waals surface area contributed by atoms with Gasteiger partial charge in [-0.25, -0.2) is 4.98 Å². The van der Waals surface area contributed by atoms with Crippen molar-refractivity contribution in [3.8, 4) is 0 Å². The summed E-state index contributed by atoms with van der Waals surface area (Å²) in [5.74, 6) is 0.759. The Morgan fingerprint density at radius 3 is 3.04 bits per heavy atom. The number of H-pyrrole nitrogens is 1. The number of pyridine rings is 1. The number of fused-ring (bicyclic) bond motifs is 1. The zero-order valence-corrected chi connectivity index (χ0v) is 15.3. The van der Waals surface area contributed by atoms with Crippen molar-refractivity contribution in [2.75, 3.05) is 37.7 Å². The highest BCUT2D eigenvalue weighted by Gasteiger charge is 2.22. The Bertz CT molecular complexity index is 759. The number of amides is 1. The standard InChI is InChI=1S/C17H22N6O2.ClH/c24-17(15-13-11-18-5-3-14(13)21-22-15)20-10-12-2-1-4-19-16(12)23-6-8-25-9-7-23;/h1-2,4,18H,3,5-11H2,(H,20,24)(H,21,22);1H. The summed E-state index contributed by atoms with van der Waals surface area (Å²) in [5, 5.41) is 13.4. The first kappa shape index (κ1) is 18.6. The first-order chi connectivity index (χ1) is 12.3. The SMILES string of the molecule is Cl.O=C(NCc1cccnc1N1CCOCC1)c1n[nH]c2c1CNCC2. The molecule has 2 aliphatic heterocycles. The molecule has 1 saturated heterocycles. The molecule has 3 N–H and O–H groups in total. The molecule has 0 radical (unpaired) electrons. The van der Waals surface area contributed by atoms with Gasteiger partial charge >= 0.3 is 0 Å². The summed E-state index contributed by atoms with van der Waals surface area (Å²) in [4.78, 5) is 19.3. The lowest BCUT2D eigenvalue weighted by Gasteiger charge is -2.29. The molecule has 0 unspecified atom stereocenters. The quantitative estimate of drug-likeness (QED) is 0.722. The van der Waals surface area contributed by atoms with Crippen LogP contribution in [0.1, 0.15) is 27.3 Å². The van der Waals surface area contributed by atoms with E-state index in [0.29, 0.717) is 32.0 Å². The van der Waals surface area contributed by atoms with Gasteiger partial charge in [-0.1, -0.05) is 6.07 Å². The Kier molecular flexibility index (Phi) is 6.08. The van der Waals surface area contributed by atoms with Crippen molar-refractivity contribution in [3.63, 3.8) is 0 Å². The third-order valence-corrected chi connectivity index (χ3v) is 4.64. The Morgan fingerprint density at radius 2 is 2.19 bits per heavy atom. The van der Waals surface area contributed by atoms with Crippen LogP contribution in [0.4, 0.5) is 5.82 Å². The van der Waals surface area contributed by atoms with E-state index in [1.165, 1.54) is 0 Å². The molecule has 2 aliphatic rings. The average molecular weight is 379 g/mol. The molecule has 0 aromatic carbocycles. The topological polar surface area (TPSA) is 95.2 Å². The largest absolute Gasteiger partial charge is 0.378 e. The molecule has 1 amide bonds. The fourth-order valence-electron chi connectivity index (χ4n) is 3.30. The lowest BCUT2D eigenvalue weighted by atomic mass is 10.1. The number of rotatable bonds is 4. The van der Waals surface area contributed by atoms with Crippen LogP contribution in [0.15, 0.2) is 18.3 Å². The van der Waals surface area contributed by atoms with Crippen LogP contribution >= 0.6 is 12.4 Å². The number of morpholine rings is 1. The van der Waals surface area contributed by atoms with E-state index >= 15 is 0 Å². The number of carbonyl (C=O) groups is 1. The molecule has 9 heteroatoms. The highest BCUT2D eigenvalue weighted by atomic mass is 35.5. The highest BCUT2D eigenvalue weighted by molar-refractivity contribution is 5.94. The van der Waals surface area contributed by atoms with Crippen molar-refractivity contribution in [3.05, 3.63) is 40.8 Å². The molecule has 0 spiro atoms. The molecule has 1 fully saturated rings. The molecule has 0 bridgehead atoms. The monoisotopic (exact) mass is 378 g/mol. The lowest BCUT2D eigenvalue weighted by Crippen LogP contribution is -2.38. The minimum absolute atomic E-state index is 0. The third-order valence-electron chi connectivity index (χ3n) is 4.64. The van der Waals surface area contributed by atoms with Crippen molar-refractivity contribution in [2.24, 2.45) is 0 Å². The number of nitrogens with one attached hydrogen (secondary N) is 3. The fourth-order valence-corrected chi connectivity index (χ4v) is 3.30. The zero-order chi connectivity index (χ0) is 17.1. The van der Waals surface area contributed by atoms with Crippen molar-refractivity contribution < 1.29 is 9.53 Å². The second kappa shape index (κ2) is 8.48. The maximum absolute atomic E-state index is 12.6. The third kappa shape index (κ3) is 3.82. The van der Waals surface area contributed by atoms with Gasteiger partial charge in [-0.2, -0.15) is 5.10 Å². The van der Waals surface area contributed by atoms with Crippen LogP contribution in [0.3, 0.4) is 0 Å². The number of ether oxygens (including phenoxy) is 1. The molecule has 4 rings (SSSR count). The van der Waals surface area contributed by atoms with Crippen molar-refractivity contribution >= 4 is 24.1 Å². The minimum atomic E-state index is -0.155. The summed E-state index contributed by atoms with van der Waals surface area (Å²) >= 11 is 0. The predicted molar refractivity (Wildman–Crippen MR) is 99.7 cm³/mol. The average Bonchev–Trinajstić information content (AvgIpc) is 3.11. The van der Waals surface area contributed by atoms with Gasteiger partial charge in [0, 0.05) is 62.2 Å². The molecule has 0 aliphatic carbocycles. The highest BCUT2D eigenvalue weighted by Crippen LogP contribution is 2.19. The zero-order valence-electron chi connectivity index (χ0n) is 14.5. The Labute approximate surface area is 158 Å². The van der Waals surface area contributed by atoms with Gasteiger partial charge in [0.15, 0.2) is 5.69 Å². The van der Waals surface area contributed by atoms with Crippen LogP contribution in [0.25, 0.3) is 0 Å². The number of hydrogen-bond acceptors (Lipinski definition) is 6. The number of aromatic amines is 1. The van der Waals surface area contributed by atoms with Gasteiger partial charge in [-0.05, 0) is 6.07 Å². The second-order valence-electron chi connectivity index (χ2n) is 6.22. The van der Waals surface area contributed by atoms with Crippen molar-refractivity contribution in [1.29, 1.82) is 0 Å². The maximum Gasteiger partial charge on any atom is 0.272 e. The van der Waals surface area contributed by atoms with Gasteiger partial charge in [0.1, 0.15) is 5.82 Å². The van der Waals surface area contributed by atoms with Crippen LogP contribution in [0.2, 0.25) is 0 Å². The molecular weight excluding hydrogens is 356 g/mol. The smallest absolute Gasteiger partial charge is 0.272 e. The maximum atomic E-state index is 12.6. The molecule has 0 saturated carbocycles. The van der Waals surface area contributed by atoms with Gasteiger partial charge in [-0.3, -0.25) is 9.89 Å². The molecule has 140 valence electrons. The number of aromatic nitrogens is 3. The number of halogens is 1. The normalized spacial score (nSPS) is 16.5. The minimum Gasteiger partial charge on any atom is -0.378 e. The Morgan fingerprint density at radius 1 is 1.35 bits per heavy atom. The molecule has 2 aromatic heterocycles. The van der Waals surface area contributed by atoms with Crippen LogP contribution in [0, 0.1) is 0 Å². The van der Waals surface area contributed by atoms with E-state index in [-0.39, 0.29) is 18.3 Å². The van der Waals surface area contributed by atoms with E-state index in [4.69, 9.17) is 4.74 Å². The Balaban J connectivity index is 0.00000196.